The van der Waals surface area contributed by atoms with E-state index >= 15 is 0 Å². The first-order chi connectivity index (χ1) is 37.2. The summed E-state index contributed by atoms with van der Waals surface area (Å²) >= 11 is 0. The molecule has 4 aliphatic rings. The Hall–Kier alpha value is -7.24. The van der Waals surface area contributed by atoms with Gasteiger partial charge in [-0.3, -0.25) is 0 Å². The van der Waals surface area contributed by atoms with E-state index in [0.29, 0.717) is 0 Å². The van der Waals surface area contributed by atoms with Gasteiger partial charge in [0.1, 0.15) is 11.2 Å². The summed E-state index contributed by atoms with van der Waals surface area (Å²) < 4.78 is 7.54. The van der Waals surface area contributed by atoms with Crippen molar-refractivity contribution in [2.45, 2.75) is 156 Å². The SMILES string of the molecule is Cc1cc2c(cc1N1c3cc(N(c4ccc(C(C)(C)C)cc4)c4ccc(C(C)(C)C)cc4)cc4c3B(c3oc5ccccc5c31)N(c1ccc(C(C)(C)C)cc1)c1ccc3c(c1-4)-c1ccccc1C3(C)C)C(C)(C)CCC2(C)C. The minimum absolute atomic E-state index is 0.00207. The van der Waals surface area contributed by atoms with Gasteiger partial charge in [-0.05, 0) is 186 Å². The van der Waals surface area contributed by atoms with Crippen molar-refractivity contribution in [1.82, 2.24) is 0 Å². The zero-order chi connectivity index (χ0) is 55.7. The molecular formula is C74H78BN3O. The first-order valence-corrected chi connectivity index (χ1v) is 29.1. The Labute approximate surface area is 471 Å². The number of hydrogen-bond donors (Lipinski definition) is 0. The van der Waals surface area contributed by atoms with Crippen LogP contribution in [0.3, 0.4) is 0 Å². The van der Waals surface area contributed by atoms with E-state index in [-0.39, 0.29) is 39.3 Å². The number of furan rings is 1. The quantitative estimate of drug-likeness (QED) is 0.160. The van der Waals surface area contributed by atoms with Crippen molar-refractivity contribution in [3.63, 3.8) is 0 Å². The third-order valence-electron chi connectivity index (χ3n) is 18.9. The molecule has 8 aromatic carbocycles. The van der Waals surface area contributed by atoms with Gasteiger partial charge in [0.05, 0.1) is 5.69 Å². The number of rotatable bonds is 5. The van der Waals surface area contributed by atoms with Crippen molar-refractivity contribution < 1.29 is 4.42 Å². The summed E-state index contributed by atoms with van der Waals surface area (Å²) in [6.45, 7) is 37.4. The van der Waals surface area contributed by atoms with Gasteiger partial charge in [0.15, 0.2) is 0 Å². The number of benzene rings is 8. The lowest BCUT2D eigenvalue weighted by Gasteiger charge is -2.46. The molecule has 2 aliphatic carbocycles. The van der Waals surface area contributed by atoms with E-state index in [1.54, 1.807) is 0 Å². The smallest absolute Gasteiger partial charge is 0.375 e. The molecule has 4 nitrogen and oxygen atoms in total. The van der Waals surface area contributed by atoms with Crippen molar-refractivity contribution >= 4 is 74.4 Å². The molecule has 79 heavy (non-hydrogen) atoms. The average Bonchev–Trinajstić information content (AvgIpc) is 3.10. The van der Waals surface area contributed by atoms with Crippen LogP contribution in [0.25, 0.3) is 33.2 Å². The molecule has 1 aromatic heterocycles. The number of fused-ring (bicyclic) bond motifs is 11. The predicted molar refractivity (Wildman–Crippen MR) is 338 cm³/mol. The maximum absolute atomic E-state index is 7.54. The van der Waals surface area contributed by atoms with Crippen LogP contribution in [-0.4, -0.2) is 6.85 Å². The fraction of sp³-hybridized carbons (Fsp3) is 0.324. The van der Waals surface area contributed by atoms with Crippen molar-refractivity contribution in [1.29, 1.82) is 0 Å². The third kappa shape index (κ3) is 7.83. The standard InChI is InChI=1S/C74H78BN3O/c1-45-41-58-59(73(13,14)40-39-72(58,11)12)44-61(45)77-62-43-52(76(49-31-25-46(26-32-49)69(2,3)4)50-33-27-47(28-34-50)70(5,6)7)42-55-65-60(38-37-57-64(65)53-21-17-19-23-56(53)74(57,15)16)78(51-35-29-48(30-36-51)71(8,9)10)75(66(55)62)68-67(77)54-22-18-20-24-63(54)79-68/h17-38,41-44H,39-40H2,1-16H3. The monoisotopic (exact) mass is 1040 g/mol. The molecule has 9 aromatic rings. The maximum atomic E-state index is 7.54. The van der Waals surface area contributed by atoms with Crippen molar-refractivity contribution in [2.24, 2.45) is 0 Å². The van der Waals surface area contributed by atoms with E-state index in [9.17, 15) is 0 Å². The van der Waals surface area contributed by atoms with Crippen LogP contribution >= 0.6 is 0 Å². The zero-order valence-corrected chi connectivity index (χ0v) is 49.8. The van der Waals surface area contributed by atoms with Crippen LogP contribution in [0.4, 0.5) is 45.5 Å². The van der Waals surface area contributed by atoms with Crippen LogP contribution in [0, 0.1) is 6.92 Å². The molecule has 0 fully saturated rings. The predicted octanol–water partition coefficient (Wildman–Crippen LogP) is 19.5. The van der Waals surface area contributed by atoms with Gasteiger partial charge in [-0.2, -0.15) is 0 Å². The van der Waals surface area contributed by atoms with Gasteiger partial charge in [-0.1, -0.05) is 189 Å². The minimum Gasteiger partial charge on any atom is -0.466 e. The Kier molecular flexibility index (Phi) is 11.1. The van der Waals surface area contributed by atoms with Gasteiger partial charge in [0.2, 0.25) is 0 Å². The van der Waals surface area contributed by atoms with Gasteiger partial charge in [0.25, 0.3) is 0 Å². The van der Waals surface area contributed by atoms with E-state index in [4.69, 9.17) is 4.42 Å². The number of para-hydroxylation sites is 1. The molecular weight excluding hydrogens is 958 g/mol. The molecule has 0 saturated carbocycles. The topological polar surface area (TPSA) is 22.9 Å². The van der Waals surface area contributed by atoms with Gasteiger partial charge >= 0.3 is 6.85 Å². The lowest BCUT2D eigenvalue weighted by atomic mass is 9.45. The van der Waals surface area contributed by atoms with Crippen molar-refractivity contribution in [3.8, 4) is 22.3 Å². The molecule has 13 rings (SSSR count). The first-order valence-electron chi connectivity index (χ1n) is 29.1. The van der Waals surface area contributed by atoms with Gasteiger partial charge in [-0.25, -0.2) is 0 Å². The number of anilines is 8. The molecule has 0 saturated heterocycles. The summed E-state index contributed by atoms with van der Waals surface area (Å²) in [5, 5.41) is 1.11. The Morgan fingerprint density at radius 1 is 0.481 bits per heavy atom. The summed E-state index contributed by atoms with van der Waals surface area (Å²) in [6.07, 6.45) is 2.28. The highest BCUT2D eigenvalue weighted by Crippen LogP contribution is 2.59. The fourth-order valence-electron chi connectivity index (χ4n) is 14.1. The first kappa shape index (κ1) is 51.2. The Morgan fingerprint density at radius 3 is 1.62 bits per heavy atom. The zero-order valence-electron chi connectivity index (χ0n) is 49.8. The van der Waals surface area contributed by atoms with E-state index in [1.807, 2.05) is 0 Å². The lowest BCUT2D eigenvalue weighted by molar-refractivity contribution is 0.332. The highest BCUT2D eigenvalue weighted by Gasteiger charge is 2.51. The van der Waals surface area contributed by atoms with Crippen LogP contribution in [0.5, 0.6) is 0 Å². The van der Waals surface area contributed by atoms with Crippen molar-refractivity contribution in [2.75, 3.05) is 14.6 Å². The molecule has 398 valence electrons. The summed E-state index contributed by atoms with van der Waals surface area (Å²) in [7, 11) is 0. The largest absolute Gasteiger partial charge is 0.466 e. The summed E-state index contributed by atoms with van der Waals surface area (Å²) in [6, 6.07) is 61.2. The van der Waals surface area contributed by atoms with Gasteiger partial charge in [0, 0.05) is 56.2 Å². The molecule has 0 N–H and O–H groups in total. The summed E-state index contributed by atoms with van der Waals surface area (Å²) in [5.74, 6) is 0. The molecule has 0 spiro atoms. The maximum Gasteiger partial charge on any atom is 0.375 e. The number of hydrogen-bond acceptors (Lipinski definition) is 4. The third-order valence-corrected chi connectivity index (χ3v) is 18.9. The number of aryl methyl sites for hydroxylation is 1. The molecule has 2 aliphatic heterocycles. The molecule has 0 atom stereocenters. The lowest BCUT2D eigenvalue weighted by Crippen LogP contribution is -2.61. The fourth-order valence-corrected chi connectivity index (χ4v) is 14.1. The van der Waals surface area contributed by atoms with Gasteiger partial charge < -0.3 is 19.0 Å². The van der Waals surface area contributed by atoms with Crippen LogP contribution in [0.1, 0.15) is 161 Å². The normalized spacial score (nSPS) is 16.5. The molecule has 0 unspecified atom stereocenters. The van der Waals surface area contributed by atoms with Crippen LogP contribution in [0.15, 0.2) is 162 Å². The molecule has 0 radical (unpaired) electrons. The van der Waals surface area contributed by atoms with E-state index < -0.39 is 0 Å². The second-order valence-corrected chi connectivity index (χ2v) is 28.6. The molecule has 3 heterocycles. The molecule has 0 amide bonds. The van der Waals surface area contributed by atoms with E-state index in [2.05, 4.69) is 283 Å². The van der Waals surface area contributed by atoms with E-state index in [1.165, 1.54) is 89.3 Å². The Morgan fingerprint density at radius 2 is 1.03 bits per heavy atom. The summed E-state index contributed by atoms with van der Waals surface area (Å²) in [5.41, 5.74) is 28.0. The molecule has 5 heteroatoms. The Bertz CT molecular complexity index is 3890. The minimum atomic E-state index is -0.313. The van der Waals surface area contributed by atoms with Crippen molar-refractivity contribution in [3.05, 3.63) is 202 Å². The highest BCUT2D eigenvalue weighted by molar-refractivity contribution is 6.93. The van der Waals surface area contributed by atoms with Crippen LogP contribution in [0.2, 0.25) is 0 Å². The van der Waals surface area contributed by atoms with E-state index in [0.717, 1.165) is 57.9 Å². The second kappa shape index (κ2) is 17.1. The highest BCUT2D eigenvalue weighted by atomic mass is 16.3. The summed E-state index contributed by atoms with van der Waals surface area (Å²) in [4.78, 5) is 7.80. The second-order valence-electron chi connectivity index (χ2n) is 28.6. The van der Waals surface area contributed by atoms with Crippen LogP contribution < -0.4 is 25.7 Å². The van der Waals surface area contributed by atoms with Crippen LogP contribution in [-0.2, 0) is 32.5 Å². The average molecular weight is 1040 g/mol. The van der Waals surface area contributed by atoms with Gasteiger partial charge in [-0.15, -0.1) is 0 Å². The number of nitrogens with zero attached hydrogens (tertiary/aromatic N) is 3. The Balaban J connectivity index is 1.20. The molecule has 0 bridgehead atoms.